The summed E-state index contributed by atoms with van der Waals surface area (Å²) in [6.45, 7) is 1.98. The highest BCUT2D eigenvalue weighted by Crippen LogP contribution is 2.18. The Morgan fingerprint density at radius 1 is 1.20 bits per heavy atom. The summed E-state index contributed by atoms with van der Waals surface area (Å²) in [5.41, 5.74) is 0. The number of ether oxygens (including phenoxy) is 2. The van der Waals surface area contributed by atoms with Crippen molar-refractivity contribution in [1.82, 2.24) is 0 Å². The molecule has 0 amide bonds. The summed E-state index contributed by atoms with van der Waals surface area (Å²) in [5.74, 6) is 0. The van der Waals surface area contributed by atoms with Crippen molar-refractivity contribution < 1.29 is 24.8 Å². The maximum absolute atomic E-state index is 9.90. The first-order valence-electron chi connectivity index (χ1n) is 7.59. The lowest BCUT2D eigenvalue weighted by atomic mass is 10.0. The smallest absolute Gasteiger partial charge is 0.154 e. The molecule has 4 atom stereocenters. The van der Waals surface area contributed by atoms with Crippen molar-refractivity contribution in [2.75, 3.05) is 13.2 Å². The first-order chi connectivity index (χ1) is 9.70. The Bertz CT molecular complexity index is 269. The highest BCUT2D eigenvalue weighted by Gasteiger charge is 2.39. The van der Waals surface area contributed by atoms with E-state index in [-0.39, 0.29) is 13.2 Å². The summed E-state index contributed by atoms with van der Waals surface area (Å²) >= 11 is 0. The van der Waals surface area contributed by atoms with Gasteiger partial charge in [0.1, 0.15) is 18.3 Å². The Hall–Kier alpha value is -0.620. The van der Waals surface area contributed by atoms with Gasteiger partial charge in [-0.05, 0) is 18.9 Å². The van der Waals surface area contributed by atoms with Gasteiger partial charge in [-0.15, -0.1) is 0 Å². The second-order valence-electron chi connectivity index (χ2n) is 5.29. The molecule has 0 aromatic carbocycles. The van der Waals surface area contributed by atoms with Crippen molar-refractivity contribution in [3.05, 3.63) is 12.3 Å². The van der Waals surface area contributed by atoms with Crippen LogP contribution in [0.15, 0.2) is 12.3 Å². The van der Waals surface area contributed by atoms with Crippen LogP contribution in [0.2, 0.25) is 0 Å². The van der Waals surface area contributed by atoms with Crippen molar-refractivity contribution in [2.45, 2.75) is 69.9 Å². The van der Waals surface area contributed by atoms with Crippen LogP contribution < -0.4 is 0 Å². The molecule has 1 fully saturated rings. The SMILES string of the molecule is CCCCCCC/C=C/O[C@@H]1[C@@H](O)[C@H](CO)OC[C@H]1O. The molecule has 1 rings (SSSR count). The second kappa shape index (κ2) is 10.2. The van der Waals surface area contributed by atoms with Crippen LogP contribution in [0.3, 0.4) is 0 Å². The van der Waals surface area contributed by atoms with Crippen LogP contribution in [-0.4, -0.2) is 52.9 Å². The Labute approximate surface area is 121 Å². The van der Waals surface area contributed by atoms with Crippen LogP contribution in [0.4, 0.5) is 0 Å². The van der Waals surface area contributed by atoms with Gasteiger partial charge in [0.05, 0.1) is 19.5 Å². The quantitative estimate of drug-likeness (QED) is 0.441. The monoisotopic (exact) mass is 288 g/mol. The molecule has 0 saturated carbocycles. The molecule has 0 aromatic heterocycles. The van der Waals surface area contributed by atoms with Crippen molar-refractivity contribution in [1.29, 1.82) is 0 Å². The van der Waals surface area contributed by atoms with Crippen LogP contribution in [0.25, 0.3) is 0 Å². The van der Waals surface area contributed by atoms with Gasteiger partial charge in [-0.3, -0.25) is 0 Å². The molecule has 0 radical (unpaired) electrons. The van der Waals surface area contributed by atoms with Crippen molar-refractivity contribution in [3.8, 4) is 0 Å². The molecule has 0 bridgehead atoms. The lowest BCUT2D eigenvalue weighted by molar-refractivity contribution is -0.197. The van der Waals surface area contributed by atoms with Gasteiger partial charge >= 0.3 is 0 Å². The fourth-order valence-electron chi connectivity index (χ4n) is 2.27. The van der Waals surface area contributed by atoms with Crippen molar-refractivity contribution in [3.63, 3.8) is 0 Å². The molecular weight excluding hydrogens is 260 g/mol. The Balaban J connectivity index is 2.21. The number of aliphatic hydroxyl groups is 3. The van der Waals surface area contributed by atoms with Gasteiger partial charge in [-0.2, -0.15) is 0 Å². The lowest BCUT2D eigenvalue weighted by Crippen LogP contribution is -2.54. The molecule has 1 aliphatic heterocycles. The van der Waals surface area contributed by atoms with Crippen LogP contribution >= 0.6 is 0 Å². The van der Waals surface area contributed by atoms with E-state index in [0.717, 1.165) is 12.8 Å². The summed E-state index contributed by atoms with van der Waals surface area (Å²) in [6, 6.07) is 0. The number of rotatable bonds is 9. The number of allylic oxidation sites excluding steroid dienone is 1. The molecule has 1 heterocycles. The fourth-order valence-corrected chi connectivity index (χ4v) is 2.27. The van der Waals surface area contributed by atoms with E-state index < -0.39 is 24.4 Å². The van der Waals surface area contributed by atoms with Gasteiger partial charge < -0.3 is 24.8 Å². The highest BCUT2D eigenvalue weighted by atomic mass is 16.6. The standard InChI is InChI=1S/C15H28O5/c1-2-3-4-5-6-7-8-9-19-15-12(17)11-20-13(10-16)14(15)18/h8-9,12-18H,2-7,10-11H2,1H3/b9-8+/t12-,13+,14+,15+/m1/s1. The molecule has 5 nitrogen and oxygen atoms in total. The number of hydrogen-bond acceptors (Lipinski definition) is 5. The lowest BCUT2D eigenvalue weighted by Gasteiger charge is -2.36. The van der Waals surface area contributed by atoms with Crippen LogP contribution in [0.5, 0.6) is 0 Å². The molecule has 118 valence electrons. The summed E-state index contributed by atoms with van der Waals surface area (Å²) in [4.78, 5) is 0. The average molecular weight is 288 g/mol. The largest absolute Gasteiger partial charge is 0.493 e. The van der Waals surface area contributed by atoms with E-state index in [4.69, 9.17) is 14.6 Å². The van der Waals surface area contributed by atoms with Gasteiger partial charge in [-0.1, -0.05) is 32.6 Å². The van der Waals surface area contributed by atoms with Gasteiger partial charge in [0, 0.05) is 0 Å². The highest BCUT2D eigenvalue weighted by molar-refractivity contribution is 4.89. The molecular formula is C15H28O5. The minimum atomic E-state index is -1.02. The van der Waals surface area contributed by atoms with Gasteiger partial charge in [0.2, 0.25) is 0 Å². The average Bonchev–Trinajstić information content (AvgIpc) is 2.45. The topological polar surface area (TPSA) is 79.2 Å². The van der Waals surface area contributed by atoms with E-state index >= 15 is 0 Å². The zero-order valence-corrected chi connectivity index (χ0v) is 12.3. The number of unbranched alkanes of at least 4 members (excludes halogenated alkanes) is 5. The maximum atomic E-state index is 9.90. The summed E-state index contributed by atoms with van der Waals surface area (Å²) < 4.78 is 10.5. The van der Waals surface area contributed by atoms with Crippen LogP contribution in [0.1, 0.15) is 45.4 Å². The first kappa shape index (κ1) is 17.4. The third-order valence-corrected chi connectivity index (χ3v) is 3.56. The third kappa shape index (κ3) is 5.79. The predicted molar refractivity (Wildman–Crippen MR) is 76.2 cm³/mol. The number of aliphatic hydroxyl groups excluding tert-OH is 3. The molecule has 0 aromatic rings. The molecule has 20 heavy (non-hydrogen) atoms. The van der Waals surface area contributed by atoms with Gasteiger partial charge in [0.15, 0.2) is 6.10 Å². The third-order valence-electron chi connectivity index (χ3n) is 3.56. The molecule has 0 spiro atoms. The Morgan fingerprint density at radius 3 is 2.65 bits per heavy atom. The van der Waals surface area contributed by atoms with E-state index in [9.17, 15) is 10.2 Å². The van der Waals surface area contributed by atoms with Gasteiger partial charge in [0.25, 0.3) is 0 Å². The van der Waals surface area contributed by atoms with E-state index in [1.54, 1.807) is 0 Å². The zero-order valence-electron chi connectivity index (χ0n) is 12.3. The zero-order chi connectivity index (χ0) is 14.8. The fraction of sp³-hybridized carbons (Fsp3) is 0.867. The maximum Gasteiger partial charge on any atom is 0.154 e. The van der Waals surface area contributed by atoms with Crippen molar-refractivity contribution in [2.24, 2.45) is 0 Å². The molecule has 0 aliphatic carbocycles. The molecule has 5 heteroatoms. The summed E-state index contributed by atoms with van der Waals surface area (Å²) in [6.07, 6.45) is 7.19. The second-order valence-corrected chi connectivity index (χ2v) is 5.29. The molecule has 1 aliphatic rings. The molecule has 1 saturated heterocycles. The van der Waals surface area contributed by atoms with E-state index in [0.29, 0.717) is 0 Å². The van der Waals surface area contributed by atoms with Crippen LogP contribution in [0, 0.1) is 0 Å². The van der Waals surface area contributed by atoms with E-state index in [2.05, 4.69) is 6.92 Å². The van der Waals surface area contributed by atoms with E-state index in [1.165, 1.54) is 31.9 Å². The van der Waals surface area contributed by atoms with E-state index in [1.807, 2.05) is 6.08 Å². The van der Waals surface area contributed by atoms with Gasteiger partial charge in [-0.25, -0.2) is 0 Å². The minimum absolute atomic E-state index is 0.0673. The molecule has 0 unspecified atom stereocenters. The minimum Gasteiger partial charge on any atom is -0.493 e. The molecule has 3 N–H and O–H groups in total. The van der Waals surface area contributed by atoms with Crippen LogP contribution in [-0.2, 0) is 9.47 Å². The Morgan fingerprint density at radius 2 is 1.95 bits per heavy atom. The number of hydrogen-bond donors (Lipinski definition) is 3. The summed E-state index contributed by atoms with van der Waals surface area (Å²) in [5, 5.41) is 28.7. The Kier molecular flexibility index (Phi) is 8.85. The first-order valence-corrected chi connectivity index (χ1v) is 7.59. The van der Waals surface area contributed by atoms with Crippen molar-refractivity contribution >= 4 is 0 Å². The normalized spacial score (nSPS) is 30.8. The summed E-state index contributed by atoms with van der Waals surface area (Å²) in [7, 11) is 0. The predicted octanol–water partition coefficient (Wildman–Crippen LogP) is 1.36.